The van der Waals surface area contributed by atoms with Gasteiger partial charge in [0.25, 0.3) is 0 Å². The Balaban J connectivity index is 1.96. The maximum absolute atomic E-state index is 9.26. The van der Waals surface area contributed by atoms with Gasteiger partial charge >= 0.3 is 0 Å². The minimum atomic E-state index is 0.263. The van der Waals surface area contributed by atoms with Crippen LogP contribution >= 0.6 is 11.8 Å². The summed E-state index contributed by atoms with van der Waals surface area (Å²) in [6.07, 6.45) is 3.52. The number of hydrogen-bond acceptors (Lipinski definition) is 3. The number of nitriles is 1. The Bertz CT molecular complexity index is 300. The van der Waals surface area contributed by atoms with Gasteiger partial charge in [-0.05, 0) is 30.6 Å². The van der Waals surface area contributed by atoms with Gasteiger partial charge in [-0.3, -0.25) is 0 Å². The van der Waals surface area contributed by atoms with E-state index in [1.54, 1.807) is 0 Å². The van der Waals surface area contributed by atoms with Crippen molar-refractivity contribution in [3.8, 4) is 6.07 Å². The fraction of sp³-hybridized carbons (Fsp3) is 0.929. The highest BCUT2D eigenvalue weighted by Crippen LogP contribution is 2.45. The standard InChI is InChI=1S/C14H23NOS/c1-14(2,3)11-5-4-10(7-15)13(6-11)17-12-8-16-9-12/h10-13H,4-6,8-9H2,1-3H3. The van der Waals surface area contributed by atoms with Crippen LogP contribution < -0.4 is 0 Å². The number of hydrogen-bond donors (Lipinski definition) is 0. The van der Waals surface area contributed by atoms with Gasteiger partial charge in [-0.2, -0.15) is 5.26 Å². The molecule has 2 aliphatic rings. The Morgan fingerprint density at radius 1 is 1.24 bits per heavy atom. The van der Waals surface area contributed by atoms with Crippen LogP contribution in [0.3, 0.4) is 0 Å². The summed E-state index contributed by atoms with van der Waals surface area (Å²) in [5.74, 6) is 1.03. The van der Waals surface area contributed by atoms with Crippen molar-refractivity contribution >= 4 is 11.8 Å². The second-order valence-electron chi connectivity index (χ2n) is 6.45. The summed E-state index contributed by atoms with van der Waals surface area (Å²) in [5.41, 5.74) is 0.384. The van der Waals surface area contributed by atoms with E-state index in [1.165, 1.54) is 12.8 Å². The summed E-state index contributed by atoms with van der Waals surface area (Å²) < 4.78 is 5.24. The Morgan fingerprint density at radius 3 is 2.41 bits per heavy atom. The average molecular weight is 253 g/mol. The van der Waals surface area contributed by atoms with Gasteiger partial charge < -0.3 is 4.74 Å². The fourth-order valence-corrected chi connectivity index (χ4v) is 4.33. The van der Waals surface area contributed by atoms with Crippen LogP contribution in [-0.2, 0) is 4.74 Å². The molecule has 0 aromatic heterocycles. The zero-order chi connectivity index (χ0) is 12.5. The molecule has 0 radical (unpaired) electrons. The minimum Gasteiger partial charge on any atom is -0.379 e. The third-order valence-corrected chi connectivity index (χ3v) is 5.68. The molecule has 2 rings (SSSR count). The fourth-order valence-electron chi connectivity index (χ4n) is 2.75. The Labute approximate surface area is 109 Å². The summed E-state index contributed by atoms with van der Waals surface area (Å²) in [6.45, 7) is 8.77. The largest absolute Gasteiger partial charge is 0.379 e. The van der Waals surface area contributed by atoms with E-state index in [0.29, 0.717) is 15.9 Å². The molecule has 96 valence electrons. The van der Waals surface area contributed by atoms with Gasteiger partial charge in [0.2, 0.25) is 0 Å². The van der Waals surface area contributed by atoms with Crippen LogP contribution in [-0.4, -0.2) is 23.7 Å². The SMILES string of the molecule is CC(C)(C)C1CCC(C#N)C(SC2COC2)C1. The lowest BCUT2D eigenvalue weighted by Crippen LogP contribution is -2.38. The highest BCUT2D eigenvalue weighted by molar-refractivity contribution is 8.00. The molecule has 0 aromatic carbocycles. The van der Waals surface area contributed by atoms with Crippen LogP contribution in [0, 0.1) is 28.6 Å². The molecule has 3 unspecified atom stereocenters. The maximum Gasteiger partial charge on any atom is 0.0667 e. The topological polar surface area (TPSA) is 33.0 Å². The van der Waals surface area contributed by atoms with E-state index in [9.17, 15) is 5.26 Å². The van der Waals surface area contributed by atoms with Gasteiger partial charge in [0.1, 0.15) is 0 Å². The smallest absolute Gasteiger partial charge is 0.0667 e. The number of thioether (sulfide) groups is 1. The van der Waals surface area contributed by atoms with E-state index in [4.69, 9.17) is 4.74 Å². The molecule has 0 bridgehead atoms. The average Bonchev–Trinajstić information content (AvgIpc) is 2.22. The summed E-state index contributed by atoms with van der Waals surface area (Å²) in [4.78, 5) is 0. The second-order valence-corrected chi connectivity index (χ2v) is 7.99. The van der Waals surface area contributed by atoms with Crippen molar-refractivity contribution in [2.24, 2.45) is 17.3 Å². The molecule has 2 nitrogen and oxygen atoms in total. The van der Waals surface area contributed by atoms with Crippen molar-refractivity contribution < 1.29 is 4.74 Å². The van der Waals surface area contributed by atoms with E-state index < -0.39 is 0 Å². The van der Waals surface area contributed by atoms with Gasteiger partial charge in [0.15, 0.2) is 0 Å². The lowest BCUT2D eigenvalue weighted by atomic mass is 9.70. The highest BCUT2D eigenvalue weighted by Gasteiger charge is 2.38. The van der Waals surface area contributed by atoms with Crippen LogP contribution in [0.25, 0.3) is 0 Å². The van der Waals surface area contributed by atoms with Crippen molar-refractivity contribution in [2.75, 3.05) is 13.2 Å². The van der Waals surface area contributed by atoms with Crippen LogP contribution in [0.15, 0.2) is 0 Å². The van der Waals surface area contributed by atoms with E-state index in [1.807, 2.05) is 11.8 Å². The Morgan fingerprint density at radius 2 is 1.94 bits per heavy atom. The molecule has 1 aliphatic carbocycles. The second kappa shape index (κ2) is 5.20. The minimum absolute atomic E-state index is 0.263. The van der Waals surface area contributed by atoms with Gasteiger partial charge in [-0.15, -0.1) is 11.8 Å². The summed E-state index contributed by atoms with van der Waals surface area (Å²) in [7, 11) is 0. The lowest BCUT2D eigenvalue weighted by Gasteiger charge is -2.41. The third-order valence-electron chi connectivity index (χ3n) is 4.16. The van der Waals surface area contributed by atoms with Gasteiger partial charge in [0.05, 0.1) is 30.5 Å². The first-order chi connectivity index (χ1) is 8.00. The van der Waals surface area contributed by atoms with Crippen LogP contribution in [0.2, 0.25) is 0 Å². The molecule has 0 amide bonds. The molecule has 1 saturated carbocycles. The van der Waals surface area contributed by atoms with E-state index in [-0.39, 0.29) is 5.92 Å². The highest BCUT2D eigenvalue weighted by atomic mass is 32.2. The molecular weight excluding hydrogens is 230 g/mol. The van der Waals surface area contributed by atoms with Crippen LogP contribution in [0.5, 0.6) is 0 Å². The van der Waals surface area contributed by atoms with Crippen molar-refractivity contribution in [2.45, 2.75) is 50.5 Å². The summed E-state index contributed by atoms with van der Waals surface area (Å²) >= 11 is 2.01. The van der Waals surface area contributed by atoms with E-state index in [2.05, 4.69) is 26.8 Å². The molecule has 3 heteroatoms. The molecule has 17 heavy (non-hydrogen) atoms. The molecule has 1 saturated heterocycles. The van der Waals surface area contributed by atoms with Crippen molar-refractivity contribution in [1.29, 1.82) is 5.26 Å². The van der Waals surface area contributed by atoms with Crippen molar-refractivity contribution in [1.82, 2.24) is 0 Å². The zero-order valence-electron chi connectivity index (χ0n) is 11.1. The molecule has 2 fully saturated rings. The van der Waals surface area contributed by atoms with Crippen LogP contribution in [0.4, 0.5) is 0 Å². The molecule has 0 aromatic rings. The van der Waals surface area contributed by atoms with Crippen LogP contribution in [0.1, 0.15) is 40.0 Å². The first-order valence-electron chi connectivity index (χ1n) is 6.63. The molecular formula is C14H23NOS. The normalized spacial score (nSPS) is 35.1. The molecule has 0 spiro atoms. The summed E-state index contributed by atoms with van der Waals surface area (Å²) in [6, 6.07) is 2.52. The number of nitrogens with zero attached hydrogens (tertiary/aromatic N) is 1. The maximum atomic E-state index is 9.26. The van der Waals surface area contributed by atoms with Crippen molar-refractivity contribution in [3.05, 3.63) is 0 Å². The molecule has 0 N–H and O–H groups in total. The predicted molar refractivity (Wildman–Crippen MR) is 71.9 cm³/mol. The van der Waals surface area contributed by atoms with Crippen molar-refractivity contribution in [3.63, 3.8) is 0 Å². The van der Waals surface area contributed by atoms with Gasteiger partial charge in [-0.25, -0.2) is 0 Å². The Kier molecular flexibility index (Phi) is 4.05. The van der Waals surface area contributed by atoms with E-state index in [0.717, 1.165) is 25.6 Å². The zero-order valence-corrected chi connectivity index (χ0v) is 11.9. The Hall–Kier alpha value is -0.200. The first-order valence-corrected chi connectivity index (χ1v) is 7.58. The number of ether oxygens (including phenoxy) is 1. The predicted octanol–water partition coefficient (Wildman–Crippen LogP) is 3.47. The molecule has 1 heterocycles. The van der Waals surface area contributed by atoms with E-state index >= 15 is 0 Å². The quantitative estimate of drug-likeness (QED) is 0.755. The number of rotatable bonds is 2. The lowest BCUT2D eigenvalue weighted by molar-refractivity contribution is 0.0448. The van der Waals surface area contributed by atoms with Gasteiger partial charge in [0, 0.05) is 5.25 Å². The van der Waals surface area contributed by atoms with Gasteiger partial charge in [-0.1, -0.05) is 20.8 Å². The molecule has 1 aliphatic heterocycles. The monoisotopic (exact) mass is 253 g/mol. The first kappa shape index (κ1) is 13.2. The molecule has 3 atom stereocenters. The third kappa shape index (κ3) is 3.17. The summed E-state index contributed by atoms with van der Waals surface area (Å²) in [5, 5.41) is 10.4.